The van der Waals surface area contributed by atoms with Gasteiger partial charge in [0.05, 0.1) is 22.1 Å². The summed E-state index contributed by atoms with van der Waals surface area (Å²) in [4.78, 5) is 46.6. The van der Waals surface area contributed by atoms with Crippen LogP contribution in [0.1, 0.15) is 0 Å². The maximum Gasteiger partial charge on any atom is 0.165 e. The van der Waals surface area contributed by atoms with Crippen LogP contribution < -0.4 is 0 Å². The molecule has 0 aliphatic carbocycles. The van der Waals surface area contributed by atoms with Gasteiger partial charge in [-0.25, -0.2) is 29.9 Å². The van der Waals surface area contributed by atoms with Crippen LogP contribution in [0, 0.1) is 0 Å². The van der Waals surface area contributed by atoms with Gasteiger partial charge in [0.2, 0.25) is 0 Å². The highest BCUT2D eigenvalue weighted by Gasteiger charge is 2.19. The van der Waals surface area contributed by atoms with Crippen LogP contribution in [-0.2, 0) is 0 Å². The van der Waals surface area contributed by atoms with Crippen molar-refractivity contribution in [3.8, 4) is 90.8 Å². The molecule has 346 valence electrons. The molecule has 0 fully saturated rings. The van der Waals surface area contributed by atoms with Gasteiger partial charge >= 0.3 is 0 Å². The highest BCUT2D eigenvalue weighted by atomic mass is 15.1. The second-order valence-electron chi connectivity index (χ2n) is 17.8. The van der Waals surface area contributed by atoms with E-state index in [2.05, 4.69) is 163 Å². The second kappa shape index (κ2) is 17.7. The van der Waals surface area contributed by atoms with Crippen molar-refractivity contribution in [2.75, 3.05) is 0 Å². The molecule has 0 saturated carbocycles. The SMILES string of the molecule is c1cncc(-c2nc(-c3ccc(-n4c5ccccc5c5cc(-c6ccc7c(c6)c6ccccc6n7-c6ccc(-c7nc(-c8cccnc8)nc(-c8cccnc8)n7)cc6)ccc54)cc3)nc(-c3cccnc3)n2)c1. The molecule has 0 spiro atoms. The molecule has 8 heterocycles. The monoisotopic (exact) mass is 950 g/mol. The summed E-state index contributed by atoms with van der Waals surface area (Å²) in [6.07, 6.45) is 14.0. The standard InChI is InChI=1S/C62H38N12/c1-3-15-53-49(13-1)51-33-41(21-27-55(51)73(53)47-23-17-39(18-24-47)57-67-59(43-9-5-29-63-35-43)71-60(68-57)44-10-6-30-64-36-44)42-22-28-56-52(34-42)50-14-2-4-16-54(50)74(56)48-25-19-40(20-26-48)58-69-61(45-11-7-31-65-37-45)72-62(70-58)46-12-8-32-66-38-46/h1-38H. The first-order valence-electron chi connectivity index (χ1n) is 24.1. The van der Waals surface area contributed by atoms with Crippen molar-refractivity contribution < 1.29 is 0 Å². The first-order valence-corrected chi connectivity index (χ1v) is 24.1. The van der Waals surface area contributed by atoms with Crippen LogP contribution in [0.15, 0.2) is 232 Å². The van der Waals surface area contributed by atoms with Gasteiger partial charge in [-0.3, -0.25) is 19.9 Å². The first kappa shape index (κ1) is 42.4. The summed E-state index contributed by atoms with van der Waals surface area (Å²) in [6.45, 7) is 0. The van der Waals surface area contributed by atoms with Crippen molar-refractivity contribution in [1.29, 1.82) is 0 Å². The Balaban J connectivity index is 0.814. The van der Waals surface area contributed by atoms with E-state index in [-0.39, 0.29) is 0 Å². The van der Waals surface area contributed by atoms with Crippen molar-refractivity contribution in [1.82, 2.24) is 59.0 Å². The van der Waals surface area contributed by atoms with E-state index in [4.69, 9.17) is 29.9 Å². The Kier molecular flexibility index (Phi) is 10.2. The molecule has 0 aliphatic heterocycles. The zero-order valence-corrected chi connectivity index (χ0v) is 39.3. The zero-order chi connectivity index (χ0) is 49.0. The Labute approximate surface area is 423 Å². The van der Waals surface area contributed by atoms with Crippen LogP contribution in [0.25, 0.3) is 134 Å². The second-order valence-corrected chi connectivity index (χ2v) is 17.8. The minimum Gasteiger partial charge on any atom is -0.309 e. The summed E-state index contributed by atoms with van der Waals surface area (Å²) in [5, 5.41) is 4.69. The third kappa shape index (κ3) is 7.49. The fourth-order valence-electron chi connectivity index (χ4n) is 9.89. The van der Waals surface area contributed by atoms with Crippen LogP contribution in [0.3, 0.4) is 0 Å². The molecular formula is C62H38N12. The topological polar surface area (TPSA) is 139 Å². The zero-order valence-electron chi connectivity index (χ0n) is 39.3. The normalized spacial score (nSPS) is 11.5. The molecule has 0 bridgehead atoms. The first-order chi connectivity index (χ1) is 36.7. The molecule has 12 nitrogen and oxygen atoms in total. The van der Waals surface area contributed by atoms with E-state index in [1.807, 2.05) is 48.5 Å². The number of nitrogens with zero attached hydrogens (tertiary/aromatic N) is 12. The third-order valence-electron chi connectivity index (χ3n) is 13.4. The summed E-state index contributed by atoms with van der Waals surface area (Å²) in [7, 11) is 0. The minimum atomic E-state index is 0.547. The molecule has 14 rings (SSSR count). The number of hydrogen-bond acceptors (Lipinski definition) is 10. The highest BCUT2D eigenvalue weighted by Crippen LogP contribution is 2.39. The van der Waals surface area contributed by atoms with Gasteiger partial charge in [0, 0.05) is 116 Å². The summed E-state index contributed by atoms with van der Waals surface area (Å²) >= 11 is 0. The number of para-hydroxylation sites is 2. The number of rotatable bonds is 9. The van der Waals surface area contributed by atoms with Gasteiger partial charge in [0.1, 0.15) is 0 Å². The number of pyridine rings is 4. The molecular weight excluding hydrogens is 913 g/mol. The molecule has 8 aromatic heterocycles. The average Bonchev–Trinajstić information content (AvgIpc) is 4.02. The fourth-order valence-corrected chi connectivity index (χ4v) is 9.89. The van der Waals surface area contributed by atoms with Crippen molar-refractivity contribution >= 4 is 43.6 Å². The van der Waals surface area contributed by atoms with E-state index in [1.165, 1.54) is 21.5 Å². The van der Waals surface area contributed by atoms with E-state index >= 15 is 0 Å². The smallest absolute Gasteiger partial charge is 0.165 e. The predicted molar refractivity (Wildman–Crippen MR) is 291 cm³/mol. The van der Waals surface area contributed by atoms with E-state index in [9.17, 15) is 0 Å². The molecule has 0 unspecified atom stereocenters. The molecule has 0 saturated heterocycles. The van der Waals surface area contributed by atoms with Crippen molar-refractivity contribution in [3.05, 3.63) is 232 Å². The van der Waals surface area contributed by atoms with E-state index < -0.39 is 0 Å². The lowest BCUT2D eigenvalue weighted by atomic mass is 10.0. The van der Waals surface area contributed by atoms with Crippen LogP contribution in [0.2, 0.25) is 0 Å². The molecule has 0 atom stereocenters. The van der Waals surface area contributed by atoms with Crippen LogP contribution >= 0.6 is 0 Å². The van der Waals surface area contributed by atoms with E-state index in [1.54, 1.807) is 49.6 Å². The molecule has 6 aromatic carbocycles. The highest BCUT2D eigenvalue weighted by molar-refractivity contribution is 6.12. The quantitative estimate of drug-likeness (QED) is 0.137. The molecule has 0 radical (unpaired) electrons. The summed E-state index contributed by atoms with van der Waals surface area (Å²) < 4.78 is 4.66. The molecule has 12 heteroatoms. The van der Waals surface area contributed by atoms with Gasteiger partial charge in [-0.2, -0.15) is 0 Å². The number of fused-ring (bicyclic) bond motifs is 6. The predicted octanol–water partition coefficient (Wildman–Crippen LogP) is 13.5. The van der Waals surface area contributed by atoms with Crippen molar-refractivity contribution in [3.63, 3.8) is 0 Å². The maximum absolute atomic E-state index is 4.92. The van der Waals surface area contributed by atoms with E-state index in [0.29, 0.717) is 34.9 Å². The molecule has 74 heavy (non-hydrogen) atoms. The summed E-state index contributed by atoms with van der Waals surface area (Å²) in [5.74, 6) is 3.32. The van der Waals surface area contributed by atoms with Crippen LogP contribution in [-0.4, -0.2) is 59.0 Å². The Morgan fingerprint density at radius 2 is 0.527 bits per heavy atom. The Morgan fingerprint density at radius 3 is 0.851 bits per heavy atom. The summed E-state index contributed by atoms with van der Waals surface area (Å²) in [6, 6.07) is 63.0. The fraction of sp³-hybridized carbons (Fsp3) is 0. The van der Waals surface area contributed by atoms with Crippen LogP contribution in [0.5, 0.6) is 0 Å². The maximum atomic E-state index is 4.92. The third-order valence-corrected chi connectivity index (χ3v) is 13.4. The van der Waals surface area contributed by atoms with Crippen molar-refractivity contribution in [2.45, 2.75) is 0 Å². The van der Waals surface area contributed by atoms with E-state index in [0.717, 1.165) is 77.9 Å². The number of aromatic nitrogens is 12. The van der Waals surface area contributed by atoms with Gasteiger partial charge in [0.25, 0.3) is 0 Å². The summed E-state index contributed by atoms with van der Waals surface area (Å²) in [5.41, 5.74) is 13.8. The average molecular weight is 951 g/mol. The van der Waals surface area contributed by atoms with Gasteiger partial charge in [-0.1, -0.05) is 48.5 Å². The Hall–Kier alpha value is -10.5. The van der Waals surface area contributed by atoms with Crippen molar-refractivity contribution in [2.24, 2.45) is 0 Å². The lowest BCUT2D eigenvalue weighted by molar-refractivity contribution is 1.06. The lowest BCUT2D eigenvalue weighted by Crippen LogP contribution is -2.01. The molecule has 0 aliphatic rings. The number of benzene rings is 6. The largest absolute Gasteiger partial charge is 0.309 e. The van der Waals surface area contributed by atoms with Crippen LogP contribution in [0.4, 0.5) is 0 Å². The number of hydrogen-bond donors (Lipinski definition) is 0. The molecule has 14 aromatic rings. The molecule has 0 N–H and O–H groups in total. The lowest BCUT2D eigenvalue weighted by Gasteiger charge is -2.11. The Bertz CT molecular complexity index is 3990. The molecule has 0 amide bonds. The van der Waals surface area contributed by atoms with Gasteiger partial charge in [0.15, 0.2) is 34.9 Å². The van der Waals surface area contributed by atoms with Gasteiger partial charge in [-0.15, -0.1) is 0 Å². The van der Waals surface area contributed by atoms with Gasteiger partial charge in [-0.05, 0) is 145 Å². The van der Waals surface area contributed by atoms with Gasteiger partial charge < -0.3 is 9.13 Å². The minimum absolute atomic E-state index is 0.547. The Morgan fingerprint density at radius 1 is 0.230 bits per heavy atom.